The third-order valence-electron chi connectivity index (χ3n) is 2.66. The molecule has 0 saturated heterocycles. The van der Waals surface area contributed by atoms with Gasteiger partial charge < -0.3 is 9.72 Å². The van der Waals surface area contributed by atoms with Crippen LogP contribution in [-0.4, -0.2) is 22.1 Å². The van der Waals surface area contributed by atoms with Crippen LogP contribution < -0.4 is 4.74 Å². The van der Waals surface area contributed by atoms with Crippen molar-refractivity contribution in [1.82, 2.24) is 15.0 Å². The average molecular weight is 260 g/mol. The zero-order valence-corrected chi connectivity index (χ0v) is 10.4. The second kappa shape index (κ2) is 4.31. The van der Waals surface area contributed by atoms with Crippen molar-refractivity contribution in [2.45, 2.75) is 0 Å². The Balaban J connectivity index is 2.17. The molecule has 0 saturated carbocycles. The van der Waals surface area contributed by atoms with Crippen molar-refractivity contribution in [1.29, 1.82) is 0 Å². The Kier molecular flexibility index (Phi) is 2.64. The zero-order valence-electron chi connectivity index (χ0n) is 9.64. The van der Waals surface area contributed by atoms with Gasteiger partial charge >= 0.3 is 0 Å². The highest BCUT2D eigenvalue weighted by molar-refractivity contribution is 6.33. The molecule has 0 radical (unpaired) electrons. The van der Waals surface area contributed by atoms with Gasteiger partial charge in [0.25, 0.3) is 0 Å². The molecule has 0 aliphatic heterocycles. The van der Waals surface area contributed by atoms with E-state index in [0.717, 1.165) is 11.1 Å². The molecule has 0 atom stereocenters. The topological polar surface area (TPSA) is 50.8 Å². The number of nitrogens with one attached hydrogen (secondary N) is 1. The third-order valence-corrected chi connectivity index (χ3v) is 2.99. The minimum Gasteiger partial charge on any atom is -0.481 e. The van der Waals surface area contributed by atoms with Crippen LogP contribution in [0.15, 0.2) is 36.4 Å². The molecule has 2 heterocycles. The zero-order chi connectivity index (χ0) is 12.5. The van der Waals surface area contributed by atoms with Crippen LogP contribution in [0.3, 0.4) is 0 Å². The summed E-state index contributed by atoms with van der Waals surface area (Å²) >= 11 is 6.14. The normalized spacial score (nSPS) is 10.8. The highest BCUT2D eigenvalue weighted by atomic mass is 35.5. The maximum Gasteiger partial charge on any atom is 0.215 e. The Hall–Kier alpha value is -2.07. The lowest BCUT2D eigenvalue weighted by molar-refractivity contribution is 0.399. The Morgan fingerprint density at radius 2 is 1.94 bits per heavy atom. The molecule has 0 unspecified atom stereocenters. The van der Waals surface area contributed by atoms with E-state index in [9.17, 15) is 0 Å². The van der Waals surface area contributed by atoms with E-state index in [4.69, 9.17) is 16.3 Å². The molecule has 2 aromatic heterocycles. The largest absolute Gasteiger partial charge is 0.481 e. The quantitative estimate of drug-likeness (QED) is 0.768. The van der Waals surface area contributed by atoms with Gasteiger partial charge in [0.15, 0.2) is 5.65 Å². The van der Waals surface area contributed by atoms with E-state index in [1.165, 1.54) is 0 Å². The van der Waals surface area contributed by atoms with Crippen LogP contribution in [0.2, 0.25) is 5.02 Å². The van der Waals surface area contributed by atoms with Crippen molar-refractivity contribution in [2.24, 2.45) is 0 Å². The molecule has 0 aliphatic rings. The summed E-state index contributed by atoms with van der Waals surface area (Å²) < 4.78 is 5.07. The number of pyridine rings is 1. The molecule has 0 aliphatic carbocycles. The summed E-state index contributed by atoms with van der Waals surface area (Å²) in [5, 5.41) is 0.656. The average Bonchev–Trinajstić information content (AvgIpc) is 2.81. The molecular formula is C13H10ClN3O. The molecule has 0 amide bonds. The predicted octanol–water partition coefficient (Wildman–Crippen LogP) is 3.29. The third kappa shape index (κ3) is 1.80. The molecule has 90 valence electrons. The van der Waals surface area contributed by atoms with E-state index >= 15 is 0 Å². The smallest absolute Gasteiger partial charge is 0.215 e. The molecule has 3 aromatic rings. The van der Waals surface area contributed by atoms with Crippen molar-refractivity contribution >= 4 is 22.8 Å². The van der Waals surface area contributed by atoms with Crippen LogP contribution >= 0.6 is 11.6 Å². The maximum atomic E-state index is 6.14. The van der Waals surface area contributed by atoms with Gasteiger partial charge in [0, 0.05) is 11.6 Å². The number of H-pyrrole nitrogens is 1. The number of nitrogens with zero attached hydrogens (tertiary/aromatic N) is 2. The molecular weight excluding hydrogens is 250 g/mol. The molecule has 4 nitrogen and oxygen atoms in total. The van der Waals surface area contributed by atoms with Gasteiger partial charge in [-0.05, 0) is 18.2 Å². The lowest BCUT2D eigenvalue weighted by atomic mass is 10.2. The summed E-state index contributed by atoms with van der Waals surface area (Å²) in [5.41, 5.74) is 2.33. The maximum absolute atomic E-state index is 6.14. The fourth-order valence-electron chi connectivity index (χ4n) is 1.77. The number of hydrogen-bond donors (Lipinski definition) is 1. The minimum absolute atomic E-state index is 0.541. The highest BCUT2D eigenvalue weighted by Gasteiger charge is 2.09. The van der Waals surface area contributed by atoms with Crippen LogP contribution in [0.25, 0.3) is 22.6 Å². The number of halogens is 1. The first-order valence-electron chi connectivity index (χ1n) is 5.43. The minimum atomic E-state index is 0.541. The number of benzene rings is 1. The van der Waals surface area contributed by atoms with Gasteiger partial charge in [0.05, 0.1) is 17.6 Å². The number of imidazole rings is 1. The summed E-state index contributed by atoms with van der Waals surface area (Å²) in [7, 11) is 1.58. The molecule has 0 bridgehead atoms. The molecule has 0 fully saturated rings. The Morgan fingerprint density at radius 1 is 1.11 bits per heavy atom. The first-order chi connectivity index (χ1) is 8.78. The monoisotopic (exact) mass is 259 g/mol. The molecule has 3 rings (SSSR count). The van der Waals surface area contributed by atoms with E-state index in [-0.39, 0.29) is 0 Å². The number of methoxy groups -OCH3 is 1. The number of aromatic nitrogens is 3. The summed E-state index contributed by atoms with van der Waals surface area (Å²) in [6, 6.07) is 11.2. The summed E-state index contributed by atoms with van der Waals surface area (Å²) in [6.07, 6.45) is 0. The number of aromatic amines is 1. The van der Waals surface area contributed by atoms with Crippen LogP contribution in [-0.2, 0) is 0 Å². The van der Waals surface area contributed by atoms with Gasteiger partial charge in [0.1, 0.15) is 5.82 Å². The van der Waals surface area contributed by atoms with Crippen LogP contribution in [0.1, 0.15) is 0 Å². The number of rotatable bonds is 2. The van der Waals surface area contributed by atoms with Gasteiger partial charge in [-0.25, -0.2) is 4.98 Å². The second-order valence-electron chi connectivity index (χ2n) is 3.79. The van der Waals surface area contributed by atoms with E-state index in [0.29, 0.717) is 22.4 Å². The van der Waals surface area contributed by atoms with E-state index in [1.54, 1.807) is 13.2 Å². The van der Waals surface area contributed by atoms with E-state index in [1.807, 2.05) is 30.3 Å². The standard InChI is InChI=1S/C13H10ClN3O/c1-18-11-7-6-10-13(16-11)17-12(15-10)8-4-2-3-5-9(8)14/h2-7H,1H3,(H,15,16,17). The van der Waals surface area contributed by atoms with Gasteiger partial charge in [0.2, 0.25) is 5.88 Å². The van der Waals surface area contributed by atoms with Crippen LogP contribution in [0.5, 0.6) is 5.88 Å². The predicted molar refractivity (Wildman–Crippen MR) is 70.9 cm³/mol. The summed E-state index contributed by atoms with van der Waals surface area (Å²) in [6.45, 7) is 0. The molecule has 1 aromatic carbocycles. The van der Waals surface area contributed by atoms with Crippen molar-refractivity contribution in [3.8, 4) is 17.3 Å². The highest BCUT2D eigenvalue weighted by Crippen LogP contribution is 2.27. The van der Waals surface area contributed by atoms with Crippen LogP contribution in [0.4, 0.5) is 0 Å². The Morgan fingerprint density at radius 3 is 2.72 bits per heavy atom. The van der Waals surface area contributed by atoms with Gasteiger partial charge in [-0.1, -0.05) is 23.7 Å². The molecule has 18 heavy (non-hydrogen) atoms. The van der Waals surface area contributed by atoms with Crippen molar-refractivity contribution in [3.63, 3.8) is 0 Å². The second-order valence-corrected chi connectivity index (χ2v) is 4.20. The van der Waals surface area contributed by atoms with Crippen molar-refractivity contribution in [2.75, 3.05) is 7.11 Å². The van der Waals surface area contributed by atoms with Crippen LogP contribution in [0, 0.1) is 0 Å². The lowest BCUT2D eigenvalue weighted by Crippen LogP contribution is -1.86. The summed E-state index contributed by atoms with van der Waals surface area (Å²) in [5.74, 6) is 1.25. The molecule has 0 spiro atoms. The summed E-state index contributed by atoms with van der Waals surface area (Å²) in [4.78, 5) is 11.9. The Labute approximate surface area is 109 Å². The van der Waals surface area contributed by atoms with Crippen molar-refractivity contribution in [3.05, 3.63) is 41.4 Å². The first-order valence-corrected chi connectivity index (χ1v) is 5.81. The fraction of sp³-hybridized carbons (Fsp3) is 0.0769. The van der Waals surface area contributed by atoms with Crippen molar-refractivity contribution < 1.29 is 4.74 Å². The first kappa shape index (κ1) is 11.0. The number of hydrogen-bond acceptors (Lipinski definition) is 3. The van der Waals surface area contributed by atoms with Gasteiger partial charge in [-0.2, -0.15) is 4.98 Å². The number of ether oxygens (including phenoxy) is 1. The number of fused-ring (bicyclic) bond motifs is 1. The van der Waals surface area contributed by atoms with E-state index in [2.05, 4.69) is 15.0 Å². The fourth-order valence-corrected chi connectivity index (χ4v) is 1.99. The van der Waals surface area contributed by atoms with Gasteiger partial charge in [-0.15, -0.1) is 0 Å². The SMILES string of the molecule is COc1ccc2[nH]c(-c3ccccc3Cl)nc2n1. The molecule has 5 heteroatoms. The lowest BCUT2D eigenvalue weighted by Gasteiger charge is -1.98. The van der Waals surface area contributed by atoms with Gasteiger partial charge in [-0.3, -0.25) is 0 Å². The Bertz CT molecular complexity index is 708. The molecule has 1 N–H and O–H groups in total. The van der Waals surface area contributed by atoms with E-state index < -0.39 is 0 Å².